The Hall–Kier alpha value is -1.16. The second-order valence-corrected chi connectivity index (χ2v) is 7.25. The predicted molar refractivity (Wildman–Crippen MR) is 88.7 cm³/mol. The van der Waals surface area contributed by atoms with Crippen molar-refractivity contribution in [1.82, 2.24) is 10.2 Å². The average molecular weight is 298 g/mol. The lowest BCUT2D eigenvalue weighted by atomic mass is 9.92. The smallest absolute Gasteiger partial charge is 0.0673 e. The van der Waals surface area contributed by atoms with E-state index in [1.54, 1.807) is 0 Å². The van der Waals surface area contributed by atoms with Crippen LogP contribution in [0.2, 0.25) is 0 Å². The number of nitrogens with zero attached hydrogens (tertiary/aromatic N) is 1. The van der Waals surface area contributed by atoms with Crippen LogP contribution in [0.3, 0.4) is 0 Å². The van der Waals surface area contributed by atoms with E-state index in [-0.39, 0.29) is 0 Å². The minimum Gasteiger partial charge on any atom is -0.303 e. The van der Waals surface area contributed by atoms with Gasteiger partial charge in [0, 0.05) is 17.5 Å². The number of benzene rings is 1. The number of nitrogens with one attached hydrogen (secondary N) is 1. The van der Waals surface area contributed by atoms with Gasteiger partial charge in [-0.2, -0.15) is 0 Å². The van der Waals surface area contributed by atoms with Gasteiger partial charge in [0.15, 0.2) is 0 Å². The van der Waals surface area contributed by atoms with Crippen LogP contribution in [0.5, 0.6) is 0 Å². The zero-order valence-electron chi connectivity index (χ0n) is 12.2. The summed E-state index contributed by atoms with van der Waals surface area (Å²) >= 11 is 1.86. The van der Waals surface area contributed by atoms with Gasteiger partial charge in [0.25, 0.3) is 0 Å². The molecule has 4 atom stereocenters. The van der Waals surface area contributed by atoms with E-state index in [0.717, 1.165) is 5.92 Å². The van der Waals surface area contributed by atoms with Gasteiger partial charge < -0.3 is 10.2 Å². The van der Waals surface area contributed by atoms with Crippen molar-refractivity contribution >= 4 is 11.3 Å². The van der Waals surface area contributed by atoms with E-state index in [2.05, 4.69) is 58.1 Å². The van der Waals surface area contributed by atoms with Crippen LogP contribution in [0.4, 0.5) is 0 Å². The van der Waals surface area contributed by atoms with E-state index in [0.29, 0.717) is 12.1 Å². The van der Waals surface area contributed by atoms with Crippen molar-refractivity contribution in [2.45, 2.75) is 24.9 Å². The Morgan fingerprint density at radius 2 is 1.90 bits per heavy atom. The fourth-order valence-electron chi connectivity index (χ4n) is 3.83. The Balaban J connectivity index is 1.58. The highest BCUT2D eigenvalue weighted by atomic mass is 32.1. The molecule has 2 nitrogen and oxygen atoms in total. The van der Waals surface area contributed by atoms with Crippen molar-refractivity contribution in [3.05, 3.63) is 58.3 Å². The summed E-state index contributed by atoms with van der Waals surface area (Å²) in [5.74, 6) is 0.838. The molecule has 2 aromatic rings. The number of hydrogen-bond donors (Lipinski definition) is 1. The molecule has 1 aromatic heterocycles. The molecule has 2 fully saturated rings. The molecular weight excluding hydrogens is 276 g/mol. The second-order valence-electron chi connectivity index (χ2n) is 6.27. The number of rotatable bonds is 4. The van der Waals surface area contributed by atoms with Gasteiger partial charge in [-0.25, -0.2) is 0 Å². The summed E-state index contributed by atoms with van der Waals surface area (Å²) < 4.78 is 0. The molecule has 2 bridgehead atoms. The summed E-state index contributed by atoms with van der Waals surface area (Å²) in [4.78, 5) is 4.05. The molecule has 2 aliphatic rings. The lowest BCUT2D eigenvalue weighted by Crippen LogP contribution is -2.45. The van der Waals surface area contributed by atoms with E-state index in [1.807, 2.05) is 11.3 Å². The van der Waals surface area contributed by atoms with Crippen molar-refractivity contribution in [3.8, 4) is 0 Å². The minimum absolute atomic E-state index is 0.350. The molecule has 4 unspecified atom stereocenters. The quantitative estimate of drug-likeness (QED) is 0.929. The molecule has 0 radical (unpaired) electrons. The normalized spacial score (nSPS) is 29.4. The Morgan fingerprint density at radius 1 is 1.05 bits per heavy atom. The standard InChI is InChI=1S/C18H22N2S/c1-2-5-14(6-3-1)18(17-7-4-12-21-17)19-16-9-11-20-10-8-15(16)13-20/h1-7,12,15-16,18-19H,8-11,13H2. The van der Waals surface area contributed by atoms with Gasteiger partial charge in [-0.15, -0.1) is 11.3 Å². The summed E-state index contributed by atoms with van der Waals surface area (Å²) in [6.07, 6.45) is 2.66. The number of piperidine rings is 1. The van der Waals surface area contributed by atoms with Crippen LogP contribution < -0.4 is 5.32 Å². The zero-order valence-corrected chi connectivity index (χ0v) is 13.1. The lowest BCUT2D eigenvalue weighted by molar-refractivity contribution is 0.215. The van der Waals surface area contributed by atoms with Gasteiger partial charge >= 0.3 is 0 Å². The Bertz CT molecular complexity index is 566. The Labute approximate surface area is 130 Å². The first-order valence-electron chi connectivity index (χ1n) is 7.97. The largest absolute Gasteiger partial charge is 0.303 e. The van der Waals surface area contributed by atoms with Crippen LogP contribution in [0.15, 0.2) is 47.8 Å². The molecule has 110 valence electrons. The van der Waals surface area contributed by atoms with Gasteiger partial charge in [0.1, 0.15) is 0 Å². The van der Waals surface area contributed by atoms with E-state index < -0.39 is 0 Å². The minimum atomic E-state index is 0.350. The third kappa shape index (κ3) is 2.78. The number of fused-ring (bicyclic) bond motifs is 2. The van der Waals surface area contributed by atoms with Gasteiger partial charge in [-0.1, -0.05) is 36.4 Å². The molecule has 1 aromatic carbocycles. The van der Waals surface area contributed by atoms with E-state index in [4.69, 9.17) is 0 Å². The van der Waals surface area contributed by atoms with Crippen molar-refractivity contribution in [1.29, 1.82) is 0 Å². The summed E-state index contributed by atoms with van der Waals surface area (Å²) in [6, 6.07) is 16.3. The van der Waals surface area contributed by atoms with Crippen LogP contribution in [-0.2, 0) is 0 Å². The molecule has 0 amide bonds. The summed E-state index contributed by atoms with van der Waals surface area (Å²) in [6.45, 7) is 3.86. The van der Waals surface area contributed by atoms with E-state index in [1.165, 1.54) is 42.9 Å². The van der Waals surface area contributed by atoms with Crippen LogP contribution in [0.1, 0.15) is 29.3 Å². The first kappa shape index (κ1) is 13.5. The van der Waals surface area contributed by atoms with Crippen LogP contribution in [0.25, 0.3) is 0 Å². The number of hydrogen-bond acceptors (Lipinski definition) is 3. The Morgan fingerprint density at radius 3 is 2.71 bits per heavy atom. The summed E-state index contributed by atoms with van der Waals surface area (Å²) in [5.41, 5.74) is 1.39. The molecule has 1 N–H and O–H groups in total. The molecule has 2 saturated heterocycles. The first-order valence-corrected chi connectivity index (χ1v) is 8.85. The zero-order chi connectivity index (χ0) is 14.1. The monoisotopic (exact) mass is 298 g/mol. The fourth-order valence-corrected chi connectivity index (χ4v) is 4.64. The summed E-state index contributed by atoms with van der Waals surface area (Å²) in [7, 11) is 0. The van der Waals surface area contributed by atoms with Crippen molar-refractivity contribution < 1.29 is 0 Å². The third-order valence-electron chi connectivity index (χ3n) is 4.98. The maximum Gasteiger partial charge on any atom is 0.0673 e. The highest BCUT2D eigenvalue weighted by Gasteiger charge is 2.35. The lowest BCUT2D eigenvalue weighted by Gasteiger charge is -2.34. The van der Waals surface area contributed by atoms with Gasteiger partial charge in [0.05, 0.1) is 6.04 Å². The maximum atomic E-state index is 3.99. The first-order chi connectivity index (χ1) is 10.4. The molecule has 0 aliphatic carbocycles. The second kappa shape index (κ2) is 5.91. The molecule has 3 heteroatoms. The highest BCUT2D eigenvalue weighted by Crippen LogP contribution is 2.32. The van der Waals surface area contributed by atoms with Crippen molar-refractivity contribution in [2.75, 3.05) is 19.6 Å². The fraction of sp³-hybridized carbons (Fsp3) is 0.444. The topological polar surface area (TPSA) is 15.3 Å². The summed E-state index contributed by atoms with van der Waals surface area (Å²) in [5, 5.41) is 6.17. The van der Waals surface area contributed by atoms with Crippen LogP contribution >= 0.6 is 11.3 Å². The maximum absolute atomic E-state index is 3.99. The van der Waals surface area contributed by atoms with Gasteiger partial charge in [0.2, 0.25) is 0 Å². The SMILES string of the molecule is c1ccc(C(NC2CCN3CCC2C3)c2cccs2)cc1. The predicted octanol–water partition coefficient (Wildman–Crippen LogP) is 3.52. The molecule has 0 spiro atoms. The highest BCUT2D eigenvalue weighted by molar-refractivity contribution is 7.10. The van der Waals surface area contributed by atoms with Crippen LogP contribution in [0, 0.1) is 5.92 Å². The average Bonchev–Trinajstić information content (AvgIpc) is 3.18. The van der Waals surface area contributed by atoms with Crippen molar-refractivity contribution in [2.24, 2.45) is 5.92 Å². The molecular formula is C18H22N2S. The third-order valence-corrected chi connectivity index (χ3v) is 5.91. The number of thiophene rings is 1. The Kier molecular flexibility index (Phi) is 3.80. The van der Waals surface area contributed by atoms with Gasteiger partial charge in [-0.3, -0.25) is 0 Å². The van der Waals surface area contributed by atoms with Crippen molar-refractivity contribution in [3.63, 3.8) is 0 Å². The molecule has 21 heavy (non-hydrogen) atoms. The van der Waals surface area contributed by atoms with Gasteiger partial charge in [-0.05, 0) is 48.9 Å². The van der Waals surface area contributed by atoms with E-state index >= 15 is 0 Å². The van der Waals surface area contributed by atoms with Crippen LogP contribution in [-0.4, -0.2) is 30.6 Å². The molecule has 0 saturated carbocycles. The molecule has 4 rings (SSSR count). The van der Waals surface area contributed by atoms with E-state index in [9.17, 15) is 0 Å². The molecule has 2 aliphatic heterocycles. The molecule has 3 heterocycles.